The Morgan fingerprint density at radius 2 is 1.35 bits per heavy atom. The molecule has 3 aromatic rings. The summed E-state index contributed by atoms with van der Waals surface area (Å²) in [5, 5.41) is 3.73. The number of rotatable bonds is 21. The van der Waals surface area contributed by atoms with Gasteiger partial charge in [-0.3, -0.25) is 0 Å². The summed E-state index contributed by atoms with van der Waals surface area (Å²) in [5.41, 5.74) is 9.76. The summed E-state index contributed by atoms with van der Waals surface area (Å²) in [7, 11) is 3.39. The second-order valence-electron chi connectivity index (χ2n) is 15.5. The Morgan fingerprint density at radius 3 is 1.92 bits per heavy atom. The van der Waals surface area contributed by atoms with Crippen LogP contribution < -0.4 is 0 Å². The Balaban J connectivity index is 1.75. The predicted molar refractivity (Wildman–Crippen MR) is 247 cm³/mol. The van der Waals surface area contributed by atoms with E-state index in [0.717, 1.165) is 27.8 Å². The Morgan fingerprint density at radius 1 is 0.746 bits per heavy atom. The van der Waals surface area contributed by atoms with Crippen LogP contribution in [0.3, 0.4) is 0 Å². The molecular formula is C45H50B2F3N4O16P. The third-order valence-electron chi connectivity index (χ3n) is 10.3. The molecule has 0 saturated carbocycles. The molecule has 2 fully saturated rings. The van der Waals surface area contributed by atoms with Crippen LogP contribution in [0.25, 0.3) is 10.4 Å². The number of hydrogen-bond donors (Lipinski definition) is 0. The Labute approximate surface area is 409 Å². The topological polar surface area (TPSA) is 248 Å². The van der Waals surface area contributed by atoms with Gasteiger partial charge in [0.25, 0.3) is 0 Å². The predicted octanol–water partition coefficient (Wildman–Crippen LogP) is 5.92. The van der Waals surface area contributed by atoms with Gasteiger partial charge in [0.1, 0.15) is 0 Å². The first-order chi connectivity index (χ1) is 34.0. The van der Waals surface area contributed by atoms with E-state index >= 15 is 13.2 Å². The molecule has 0 radical (unpaired) electrons. The van der Waals surface area contributed by atoms with Crippen molar-refractivity contribution in [3.63, 3.8) is 0 Å². The van der Waals surface area contributed by atoms with Crippen molar-refractivity contribution in [2.24, 2.45) is 10.1 Å². The van der Waals surface area contributed by atoms with E-state index in [1.54, 1.807) is 30.3 Å². The first kappa shape index (κ1) is 55.7. The normalized spacial score (nSPS) is 24.6. The van der Waals surface area contributed by atoms with E-state index in [1.807, 2.05) is 6.92 Å². The van der Waals surface area contributed by atoms with Gasteiger partial charge >= 0.3 is 410 Å². The molecule has 3 aromatic carbocycles. The van der Waals surface area contributed by atoms with Gasteiger partial charge in [0.2, 0.25) is 0 Å². The first-order valence-corrected chi connectivity index (χ1v) is 22.7. The number of halogens is 3. The standard InChI is InChI=1S/C45H50B2F3N4O16P/c1-5-6-22-60-31(23-62-40(58)28-16-10-7-11-17-28)34-38(70-46-47-71)37(66-41(59)29-18-12-8-13-19-29)39(43(67-34)69-44(45(48,49)50)52-30-20-14-9-15-21-30)68-42-33(53-54-51)36(64-27(4)57)35(63-26(3)56)32(65-42)24-61-25(2)55/h7-21,31-39,42-43H,5-6,22-24,71H2,1-4H3/b52-44+/t31-,32?,33?,34?,35+,36?,37?,38+,39+,42+,43?/m0/s1. The molecule has 71 heavy (non-hydrogen) atoms. The van der Waals surface area contributed by atoms with E-state index in [9.17, 15) is 29.5 Å². The van der Waals surface area contributed by atoms with Gasteiger partial charge in [0.05, 0.1) is 0 Å². The number of alkyl halides is 3. The van der Waals surface area contributed by atoms with E-state index < -0.39 is 123 Å². The van der Waals surface area contributed by atoms with Gasteiger partial charge < -0.3 is 0 Å². The van der Waals surface area contributed by atoms with Crippen LogP contribution in [-0.2, 0) is 66.4 Å². The molecule has 0 aliphatic carbocycles. The van der Waals surface area contributed by atoms with Crippen molar-refractivity contribution in [3.8, 4) is 0 Å². The molecule has 5 rings (SSSR count). The van der Waals surface area contributed by atoms with Crippen molar-refractivity contribution < 1.29 is 89.2 Å². The van der Waals surface area contributed by atoms with E-state index in [-0.39, 0.29) is 23.4 Å². The van der Waals surface area contributed by atoms with Crippen LogP contribution in [0.5, 0.6) is 0 Å². The second kappa shape index (κ2) is 27.4. The fraction of sp³-hybridized carbons (Fsp3) is 0.467. The molecule has 2 heterocycles. The average molecular weight is 1010 g/mol. The third kappa shape index (κ3) is 16.4. The molecule has 12 atom stereocenters. The molecule has 0 aromatic heterocycles. The fourth-order valence-electron chi connectivity index (χ4n) is 7.22. The number of azide groups is 1. The van der Waals surface area contributed by atoms with Gasteiger partial charge in [-0.25, -0.2) is 0 Å². The maximum atomic E-state index is 15.3. The third-order valence-corrected chi connectivity index (χ3v) is 10.4. The fourth-order valence-corrected chi connectivity index (χ4v) is 7.31. The summed E-state index contributed by atoms with van der Waals surface area (Å²) in [6, 6.07) is 20.3. The Hall–Kier alpha value is -6.22. The van der Waals surface area contributed by atoms with Crippen molar-refractivity contribution in [1.29, 1.82) is 0 Å². The van der Waals surface area contributed by atoms with Gasteiger partial charge in [0, 0.05) is 0 Å². The van der Waals surface area contributed by atoms with E-state index in [0.29, 0.717) is 12.8 Å². The number of benzene rings is 3. The molecule has 7 unspecified atom stereocenters. The molecule has 0 amide bonds. The Bertz CT molecular complexity index is 2360. The molecule has 0 spiro atoms. The van der Waals surface area contributed by atoms with Crippen molar-refractivity contribution in [2.75, 3.05) is 19.8 Å². The molecule has 0 bridgehead atoms. The summed E-state index contributed by atoms with van der Waals surface area (Å²) in [6.45, 7) is 4.91. The Kier molecular flexibility index (Phi) is 21.5. The molecule has 2 aliphatic heterocycles. The number of para-hydroxylation sites is 1. The maximum absolute atomic E-state index is 15.3. The quantitative estimate of drug-likeness (QED) is 0.0115. The monoisotopic (exact) mass is 1010 g/mol. The van der Waals surface area contributed by atoms with Gasteiger partial charge in [-0.2, -0.15) is 0 Å². The van der Waals surface area contributed by atoms with E-state index in [4.69, 9.17) is 52.0 Å². The molecular weight excluding hydrogens is 962 g/mol. The number of hydrogen-bond acceptors (Lipinski definition) is 18. The van der Waals surface area contributed by atoms with E-state index in [1.165, 1.54) is 67.2 Å². The summed E-state index contributed by atoms with van der Waals surface area (Å²) in [6.07, 6.45) is -22.8. The molecule has 2 saturated heterocycles. The number of nitrogens with zero attached hydrogens (tertiary/aromatic N) is 4. The zero-order chi connectivity index (χ0) is 51.5. The van der Waals surface area contributed by atoms with Gasteiger partial charge in [-0.05, 0) is 0 Å². The average Bonchev–Trinajstić information content (AvgIpc) is 3.34. The van der Waals surface area contributed by atoms with E-state index in [2.05, 4.69) is 24.1 Å². The summed E-state index contributed by atoms with van der Waals surface area (Å²) < 4.78 is 111. The summed E-state index contributed by atoms with van der Waals surface area (Å²) in [4.78, 5) is 71.4. The van der Waals surface area contributed by atoms with Crippen molar-refractivity contribution >= 4 is 64.1 Å². The number of ether oxygens (including phenoxy) is 10. The number of esters is 5. The van der Waals surface area contributed by atoms with Crippen molar-refractivity contribution in [3.05, 3.63) is 113 Å². The van der Waals surface area contributed by atoms with Crippen LogP contribution in [0.4, 0.5) is 18.9 Å². The van der Waals surface area contributed by atoms with Crippen LogP contribution in [0.15, 0.2) is 101 Å². The number of aliphatic imine (C=N–C) groups is 1. The van der Waals surface area contributed by atoms with Crippen molar-refractivity contribution in [1.82, 2.24) is 0 Å². The number of carbonyl (C=O) groups excluding carboxylic acids is 5. The molecule has 2 aliphatic rings. The van der Waals surface area contributed by atoms with Crippen LogP contribution in [0, 0.1) is 0 Å². The molecule has 26 heteroatoms. The molecule has 20 nitrogen and oxygen atoms in total. The minimum atomic E-state index is -5.37. The minimum absolute atomic E-state index is 0.00614. The number of carbonyl (C=O) groups is 5. The van der Waals surface area contributed by atoms with Crippen LogP contribution in [-0.4, -0.2) is 143 Å². The van der Waals surface area contributed by atoms with Gasteiger partial charge in [0.15, 0.2) is 0 Å². The van der Waals surface area contributed by atoms with Crippen LogP contribution in [0.2, 0.25) is 0 Å². The zero-order valence-electron chi connectivity index (χ0n) is 38.7. The van der Waals surface area contributed by atoms with Gasteiger partial charge in [-0.1, -0.05) is 0 Å². The van der Waals surface area contributed by atoms with Crippen molar-refractivity contribution in [2.45, 2.75) is 114 Å². The number of unbranched alkanes of at least 4 members (excludes halogenated alkanes) is 1. The zero-order valence-corrected chi connectivity index (χ0v) is 39.9. The summed E-state index contributed by atoms with van der Waals surface area (Å²) >= 11 is 0. The van der Waals surface area contributed by atoms with Crippen LogP contribution in [0.1, 0.15) is 61.3 Å². The van der Waals surface area contributed by atoms with Crippen LogP contribution >= 0.6 is 9.12 Å². The van der Waals surface area contributed by atoms with Gasteiger partial charge in [-0.15, -0.1) is 0 Å². The molecule has 0 N–H and O–H groups in total. The molecule has 378 valence electrons. The summed E-state index contributed by atoms with van der Waals surface area (Å²) in [5.74, 6) is -6.55. The first-order valence-electron chi connectivity index (χ1n) is 22.0. The SMILES string of the molecule is CCCCO[C@@H](COC(=O)c1ccccc1)C1OC(O/C(=N/c2ccccc2)C(F)(F)F)[C@H](O[C@H]2OC(COC(C)=O)[C@@H](OC(C)=O)C(OC(C)=O)C2N=[N+]=[N-])C(OC(=O)c2ccccc2)[C@@H]1OB=BP. The second-order valence-corrected chi connectivity index (χ2v) is 15.9.